The lowest BCUT2D eigenvalue weighted by Crippen LogP contribution is -2.24. The molecule has 4 heteroatoms. The number of benzene rings is 1. The molecule has 0 amide bonds. The van der Waals surface area contributed by atoms with Gasteiger partial charge in [-0.25, -0.2) is 0 Å². The van der Waals surface area contributed by atoms with Gasteiger partial charge < -0.3 is 4.74 Å². The maximum Gasteiger partial charge on any atom is 0.204 e. The number of hydrogen-bond acceptors (Lipinski definition) is 3. The standard InChI is InChI=1S/C15H13BrO2S/c1-15(2)8-10-7-9(3-4-12(10)18-15)13(17)14-11(16)5-6-19-14/h3-7H,8H2,1-2H3. The molecule has 0 unspecified atom stereocenters. The van der Waals surface area contributed by atoms with Crippen LogP contribution in [0.1, 0.15) is 34.6 Å². The van der Waals surface area contributed by atoms with E-state index in [1.165, 1.54) is 11.3 Å². The van der Waals surface area contributed by atoms with Crippen LogP contribution in [0, 0.1) is 0 Å². The van der Waals surface area contributed by atoms with Crippen molar-refractivity contribution in [2.75, 3.05) is 0 Å². The monoisotopic (exact) mass is 336 g/mol. The molecule has 2 heterocycles. The van der Waals surface area contributed by atoms with Crippen LogP contribution in [0.25, 0.3) is 0 Å². The van der Waals surface area contributed by atoms with Crippen LogP contribution in [0.2, 0.25) is 0 Å². The van der Waals surface area contributed by atoms with Gasteiger partial charge >= 0.3 is 0 Å². The molecule has 1 aliphatic heterocycles. The van der Waals surface area contributed by atoms with Crippen LogP contribution in [0.4, 0.5) is 0 Å². The van der Waals surface area contributed by atoms with E-state index in [1.54, 1.807) is 0 Å². The number of rotatable bonds is 2. The second-order valence-corrected chi connectivity index (χ2v) is 7.06. The van der Waals surface area contributed by atoms with Crippen LogP contribution in [0.15, 0.2) is 34.1 Å². The normalized spacial score (nSPS) is 15.9. The minimum Gasteiger partial charge on any atom is -0.487 e. The van der Waals surface area contributed by atoms with Gasteiger partial charge in [-0.3, -0.25) is 4.79 Å². The first-order valence-electron chi connectivity index (χ1n) is 6.06. The van der Waals surface area contributed by atoms with Gasteiger partial charge in [-0.1, -0.05) is 0 Å². The third-order valence-corrected chi connectivity index (χ3v) is 4.98. The van der Waals surface area contributed by atoms with Gasteiger partial charge in [0.25, 0.3) is 0 Å². The quantitative estimate of drug-likeness (QED) is 0.757. The molecule has 19 heavy (non-hydrogen) atoms. The molecule has 2 nitrogen and oxygen atoms in total. The van der Waals surface area contributed by atoms with E-state index in [-0.39, 0.29) is 11.4 Å². The lowest BCUT2D eigenvalue weighted by atomic mass is 9.99. The summed E-state index contributed by atoms with van der Waals surface area (Å²) in [7, 11) is 0. The van der Waals surface area contributed by atoms with Crippen molar-refractivity contribution in [3.05, 3.63) is 50.1 Å². The van der Waals surface area contributed by atoms with Crippen molar-refractivity contribution in [3.63, 3.8) is 0 Å². The first-order valence-corrected chi connectivity index (χ1v) is 7.73. The van der Waals surface area contributed by atoms with Crippen LogP contribution in [0.5, 0.6) is 5.75 Å². The van der Waals surface area contributed by atoms with Crippen molar-refractivity contribution in [1.82, 2.24) is 0 Å². The minimum absolute atomic E-state index is 0.0642. The fourth-order valence-electron chi connectivity index (χ4n) is 2.34. The summed E-state index contributed by atoms with van der Waals surface area (Å²) < 4.78 is 6.69. The first kappa shape index (κ1) is 12.9. The molecule has 0 spiro atoms. The average molecular weight is 337 g/mol. The van der Waals surface area contributed by atoms with E-state index in [9.17, 15) is 4.79 Å². The summed E-state index contributed by atoms with van der Waals surface area (Å²) in [4.78, 5) is 13.2. The Bertz CT molecular complexity index is 658. The highest BCUT2D eigenvalue weighted by atomic mass is 79.9. The molecule has 0 bridgehead atoms. The van der Waals surface area contributed by atoms with E-state index in [0.29, 0.717) is 0 Å². The Morgan fingerprint density at radius 2 is 2.16 bits per heavy atom. The van der Waals surface area contributed by atoms with Crippen molar-refractivity contribution < 1.29 is 9.53 Å². The van der Waals surface area contributed by atoms with E-state index in [1.807, 2.05) is 29.6 Å². The van der Waals surface area contributed by atoms with Crippen molar-refractivity contribution >= 4 is 33.0 Å². The maximum atomic E-state index is 12.4. The lowest BCUT2D eigenvalue weighted by Gasteiger charge is -2.16. The zero-order valence-corrected chi connectivity index (χ0v) is 13.1. The topological polar surface area (TPSA) is 26.3 Å². The number of ketones is 1. The van der Waals surface area contributed by atoms with Crippen LogP contribution in [-0.4, -0.2) is 11.4 Å². The molecule has 0 fully saturated rings. The molecular formula is C15H13BrO2S. The number of hydrogen-bond donors (Lipinski definition) is 0. The largest absolute Gasteiger partial charge is 0.487 e. The number of fused-ring (bicyclic) bond motifs is 1. The Morgan fingerprint density at radius 1 is 1.37 bits per heavy atom. The van der Waals surface area contributed by atoms with Crippen molar-refractivity contribution in [3.8, 4) is 5.75 Å². The molecule has 1 aromatic carbocycles. The van der Waals surface area contributed by atoms with Gasteiger partial charge in [0, 0.05) is 16.5 Å². The summed E-state index contributed by atoms with van der Waals surface area (Å²) in [5.41, 5.74) is 1.67. The summed E-state index contributed by atoms with van der Waals surface area (Å²) in [5, 5.41) is 1.91. The Hall–Kier alpha value is -1.13. The number of carbonyl (C=O) groups excluding carboxylic acids is 1. The first-order chi connectivity index (χ1) is 8.96. The molecule has 3 rings (SSSR count). The van der Waals surface area contributed by atoms with Crippen LogP contribution in [0.3, 0.4) is 0 Å². The number of halogens is 1. The highest BCUT2D eigenvalue weighted by Crippen LogP contribution is 2.36. The predicted molar refractivity (Wildman–Crippen MR) is 80.3 cm³/mol. The highest BCUT2D eigenvalue weighted by molar-refractivity contribution is 9.10. The van der Waals surface area contributed by atoms with E-state index in [4.69, 9.17) is 4.74 Å². The number of carbonyl (C=O) groups is 1. The minimum atomic E-state index is -0.173. The van der Waals surface area contributed by atoms with Gasteiger partial charge in [-0.2, -0.15) is 0 Å². The van der Waals surface area contributed by atoms with Crippen LogP contribution in [-0.2, 0) is 6.42 Å². The van der Waals surface area contributed by atoms with Gasteiger partial charge in [-0.05, 0) is 65.0 Å². The third-order valence-electron chi connectivity index (χ3n) is 3.15. The fourth-order valence-corrected chi connectivity index (χ4v) is 3.85. The SMILES string of the molecule is CC1(C)Cc2cc(C(=O)c3sccc3Br)ccc2O1. The molecule has 1 aromatic heterocycles. The molecule has 98 valence electrons. The summed E-state index contributed by atoms with van der Waals surface area (Å²) >= 11 is 4.87. The van der Waals surface area contributed by atoms with Crippen molar-refractivity contribution in [2.45, 2.75) is 25.9 Å². The van der Waals surface area contributed by atoms with Gasteiger partial charge in [0.15, 0.2) is 0 Å². The zero-order chi connectivity index (χ0) is 13.6. The molecule has 0 saturated carbocycles. The molecule has 0 radical (unpaired) electrons. The molecule has 0 aliphatic carbocycles. The summed E-state index contributed by atoms with van der Waals surface area (Å²) in [6.45, 7) is 4.12. The lowest BCUT2D eigenvalue weighted by molar-refractivity contribution is 0.104. The van der Waals surface area contributed by atoms with Crippen LogP contribution < -0.4 is 4.74 Å². The van der Waals surface area contributed by atoms with Gasteiger partial charge in [-0.15, -0.1) is 11.3 Å². The van der Waals surface area contributed by atoms with Crippen molar-refractivity contribution in [1.29, 1.82) is 0 Å². The maximum absolute atomic E-state index is 12.4. The Morgan fingerprint density at radius 3 is 2.84 bits per heavy atom. The molecule has 0 atom stereocenters. The van der Waals surface area contributed by atoms with Crippen molar-refractivity contribution in [2.24, 2.45) is 0 Å². The smallest absolute Gasteiger partial charge is 0.204 e. The summed E-state index contributed by atoms with van der Waals surface area (Å²) in [6.07, 6.45) is 0.842. The Kier molecular flexibility index (Phi) is 3.02. The molecule has 2 aromatic rings. The Labute approximate surface area is 124 Å². The predicted octanol–water partition coefficient (Wildman–Crippen LogP) is 4.46. The van der Waals surface area contributed by atoms with E-state index < -0.39 is 0 Å². The second-order valence-electron chi connectivity index (χ2n) is 5.29. The van der Waals surface area contributed by atoms with Gasteiger partial charge in [0.2, 0.25) is 5.78 Å². The molecule has 0 N–H and O–H groups in total. The summed E-state index contributed by atoms with van der Waals surface area (Å²) in [5.74, 6) is 0.959. The van der Waals surface area contributed by atoms with Crippen LogP contribution >= 0.6 is 27.3 Å². The third kappa shape index (κ3) is 2.35. The van der Waals surface area contributed by atoms with E-state index in [2.05, 4.69) is 29.8 Å². The second kappa shape index (κ2) is 4.46. The highest BCUT2D eigenvalue weighted by Gasteiger charge is 2.30. The summed E-state index contributed by atoms with van der Waals surface area (Å²) in [6, 6.07) is 7.60. The number of ether oxygens (including phenoxy) is 1. The Balaban J connectivity index is 1.97. The fraction of sp³-hybridized carbons (Fsp3) is 0.267. The average Bonchev–Trinajstić information content (AvgIpc) is 2.88. The van der Waals surface area contributed by atoms with Gasteiger partial charge in [0.05, 0.1) is 4.88 Å². The van der Waals surface area contributed by atoms with E-state index >= 15 is 0 Å². The zero-order valence-electron chi connectivity index (χ0n) is 10.7. The van der Waals surface area contributed by atoms with E-state index in [0.717, 1.165) is 32.6 Å². The molecule has 1 aliphatic rings. The van der Waals surface area contributed by atoms with Gasteiger partial charge in [0.1, 0.15) is 11.4 Å². The number of thiophene rings is 1. The molecule has 0 saturated heterocycles. The molecular weight excluding hydrogens is 324 g/mol.